The van der Waals surface area contributed by atoms with Crippen LogP contribution in [0.2, 0.25) is 0 Å². The van der Waals surface area contributed by atoms with Gasteiger partial charge in [0.2, 0.25) is 11.8 Å². The topological polar surface area (TPSA) is 84.3 Å². The third kappa shape index (κ3) is 4.73. The van der Waals surface area contributed by atoms with E-state index in [1.807, 2.05) is 37.3 Å². The predicted molar refractivity (Wildman–Crippen MR) is 82.7 cm³/mol. The van der Waals surface area contributed by atoms with Gasteiger partial charge in [-0.3, -0.25) is 0 Å². The predicted octanol–water partition coefficient (Wildman–Crippen LogP) is 2.75. The van der Waals surface area contributed by atoms with Crippen molar-refractivity contribution in [1.82, 2.24) is 9.97 Å². The summed E-state index contributed by atoms with van der Waals surface area (Å²) in [6, 6.07) is 10.9. The number of unbranched alkanes of at least 4 members (excludes halogenated alkanes) is 1. The van der Waals surface area contributed by atoms with E-state index >= 15 is 0 Å². The summed E-state index contributed by atoms with van der Waals surface area (Å²) in [5.41, 5.74) is 1.08. The summed E-state index contributed by atoms with van der Waals surface area (Å²) < 4.78 is 5.07. The number of carbonyl (C=O) groups excluding carboxylic acids is 1. The number of anilines is 1. The maximum absolute atomic E-state index is 11.8. The molecule has 116 valence electrons. The first-order valence-electron chi connectivity index (χ1n) is 7.22. The molecule has 0 amide bonds. The standard InChI is InChI=1S/C16H19N3O3/c1-2-3-9-22-15(21)13-10-14(20)19-16(18-13)17-11-12-7-5-4-6-8-12/h4-8,10H,2-3,9,11H2,1H3,(H2,17,18,19,20). The molecule has 0 saturated carbocycles. The monoisotopic (exact) mass is 301 g/mol. The number of rotatable bonds is 7. The molecule has 1 aromatic carbocycles. The van der Waals surface area contributed by atoms with Crippen molar-refractivity contribution in [2.45, 2.75) is 26.3 Å². The van der Waals surface area contributed by atoms with Crippen molar-refractivity contribution in [2.75, 3.05) is 11.9 Å². The second-order valence-electron chi connectivity index (χ2n) is 4.76. The summed E-state index contributed by atoms with van der Waals surface area (Å²) in [5.74, 6) is -0.645. The van der Waals surface area contributed by atoms with Crippen molar-refractivity contribution in [3.8, 4) is 5.88 Å². The van der Waals surface area contributed by atoms with E-state index < -0.39 is 5.97 Å². The molecule has 0 aliphatic heterocycles. The lowest BCUT2D eigenvalue weighted by Crippen LogP contribution is -2.11. The Morgan fingerprint density at radius 2 is 2.05 bits per heavy atom. The molecular weight excluding hydrogens is 282 g/mol. The SMILES string of the molecule is CCCCOC(=O)c1cc(O)nc(NCc2ccccc2)n1. The fourth-order valence-corrected chi connectivity index (χ4v) is 1.78. The lowest BCUT2D eigenvalue weighted by Gasteiger charge is -2.08. The quantitative estimate of drug-likeness (QED) is 0.604. The summed E-state index contributed by atoms with van der Waals surface area (Å²) in [6.07, 6.45) is 1.73. The lowest BCUT2D eigenvalue weighted by molar-refractivity contribution is 0.0492. The van der Waals surface area contributed by atoms with Crippen molar-refractivity contribution in [3.05, 3.63) is 47.7 Å². The molecule has 1 aromatic heterocycles. The highest BCUT2D eigenvalue weighted by molar-refractivity contribution is 5.87. The number of ether oxygens (including phenoxy) is 1. The average molecular weight is 301 g/mol. The van der Waals surface area contributed by atoms with E-state index in [0.29, 0.717) is 13.2 Å². The van der Waals surface area contributed by atoms with Crippen molar-refractivity contribution in [1.29, 1.82) is 0 Å². The van der Waals surface area contributed by atoms with Crippen LogP contribution in [0, 0.1) is 0 Å². The van der Waals surface area contributed by atoms with Crippen LogP contribution in [0.4, 0.5) is 5.95 Å². The lowest BCUT2D eigenvalue weighted by atomic mass is 10.2. The minimum absolute atomic E-state index is 0.0409. The number of nitrogens with zero attached hydrogens (tertiary/aromatic N) is 2. The van der Waals surface area contributed by atoms with Gasteiger partial charge in [0.25, 0.3) is 0 Å². The molecule has 0 atom stereocenters. The van der Waals surface area contributed by atoms with Gasteiger partial charge in [-0.15, -0.1) is 0 Å². The van der Waals surface area contributed by atoms with Gasteiger partial charge in [-0.25, -0.2) is 9.78 Å². The highest BCUT2D eigenvalue weighted by atomic mass is 16.5. The molecule has 2 rings (SSSR count). The Balaban J connectivity index is 2.01. The van der Waals surface area contributed by atoms with E-state index in [-0.39, 0.29) is 17.5 Å². The van der Waals surface area contributed by atoms with Gasteiger partial charge in [-0.2, -0.15) is 4.98 Å². The van der Waals surface area contributed by atoms with Crippen molar-refractivity contribution in [2.24, 2.45) is 0 Å². The molecule has 6 heteroatoms. The van der Waals surface area contributed by atoms with Crippen LogP contribution >= 0.6 is 0 Å². The largest absolute Gasteiger partial charge is 0.493 e. The molecule has 0 saturated heterocycles. The van der Waals surface area contributed by atoms with Crippen molar-refractivity contribution < 1.29 is 14.6 Å². The average Bonchev–Trinajstić information content (AvgIpc) is 2.53. The third-order valence-electron chi connectivity index (χ3n) is 2.95. The minimum Gasteiger partial charge on any atom is -0.493 e. The Hall–Kier alpha value is -2.63. The van der Waals surface area contributed by atoms with Gasteiger partial charge in [0, 0.05) is 12.6 Å². The zero-order valence-electron chi connectivity index (χ0n) is 12.5. The number of aromatic nitrogens is 2. The zero-order chi connectivity index (χ0) is 15.8. The van der Waals surface area contributed by atoms with E-state index in [1.54, 1.807) is 0 Å². The Bertz CT molecular complexity index is 617. The fraction of sp³-hybridized carbons (Fsp3) is 0.312. The summed E-state index contributed by atoms with van der Waals surface area (Å²) in [5, 5.41) is 12.6. The van der Waals surface area contributed by atoms with Crippen LogP contribution in [0.3, 0.4) is 0 Å². The van der Waals surface area contributed by atoms with Crippen LogP contribution in [-0.2, 0) is 11.3 Å². The molecule has 2 aromatic rings. The van der Waals surface area contributed by atoms with Crippen LogP contribution < -0.4 is 5.32 Å². The molecule has 22 heavy (non-hydrogen) atoms. The molecule has 0 spiro atoms. The van der Waals surface area contributed by atoms with Gasteiger partial charge in [0.15, 0.2) is 5.69 Å². The molecular formula is C16H19N3O3. The summed E-state index contributed by atoms with van der Waals surface area (Å²) in [7, 11) is 0. The van der Waals surface area contributed by atoms with E-state index in [9.17, 15) is 9.90 Å². The summed E-state index contributed by atoms with van der Waals surface area (Å²) in [4.78, 5) is 19.8. The Morgan fingerprint density at radius 1 is 1.27 bits per heavy atom. The Labute approximate surface area is 129 Å². The van der Waals surface area contributed by atoms with E-state index in [4.69, 9.17) is 4.74 Å². The normalized spacial score (nSPS) is 10.2. The zero-order valence-corrected chi connectivity index (χ0v) is 12.5. The number of carbonyl (C=O) groups is 1. The van der Waals surface area contributed by atoms with Crippen molar-refractivity contribution >= 4 is 11.9 Å². The van der Waals surface area contributed by atoms with Gasteiger partial charge in [-0.05, 0) is 12.0 Å². The number of hydrogen-bond donors (Lipinski definition) is 2. The summed E-state index contributed by atoms with van der Waals surface area (Å²) >= 11 is 0. The van der Waals surface area contributed by atoms with Gasteiger partial charge in [0.05, 0.1) is 6.61 Å². The third-order valence-corrected chi connectivity index (χ3v) is 2.95. The highest BCUT2D eigenvalue weighted by Crippen LogP contribution is 2.13. The van der Waals surface area contributed by atoms with Crippen LogP contribution in [0.1, 0.15) is 35.8 Å². The minimum atomic E-state index is -0.561. The molecule has 0 aliphatic carbocycles. The molecule has 1 heterocycles. The fourth-order valence-electron chi connectivity index (χ4n) is 1.78. The summed E-state index contributed by atoms with van der Waals surface area (Å²) in [6.45, 7) is 2.84. The number of hydrogen-bond acceptors (Lipinski definition) is 6. The Morgan fingerprint density at radius 3 is 2.77 bits per heavy atom. The van der Waals surface area contributed by atoms with Gasteiger partial charge in [0.1, 0.15) is 0 Å². The van der Waals surface area contributed by atoms with Gasteiger partial charge in [-0.1, -0.05) is 43.7 Å². The van der Waals surface area contributed by atoms with E-state index in [2.05, 4.69) is 15.3 Å². The molecule has 0 radical (unpaired) electrons. The van der Waals surface area contributed by atoms with Gasteiger partial charge >= 0.3 is 5.97 Å². The second kappa shape index (κ2) is 7.97. The first kappa shape index (κ1) is 15.8. The molecule has 6 nitrogen and oxygen atoms in total. The maximum Gasteiger partial charge on any atom is 0.357 e. The van der Waals surface area contributed by atoms with Gasteiger partial charge < -0.3 is 15.2 Å². The van der Waals surface area contributed by atoms with E-state index in [0.717, 1.165) is 18.4 Å². The first-order valence-corrected chi connectivity index (χ1v) is 7.22. The first-order chi connectivity index (χ1) is 10.7. The molecule has 0 bridgehead atoms. The van der Waals surface area contributed by atoms with Crippen LogP contribution in [-0.4, -0.2) is 27.7 Å². The maximum atomic E-state index is 11.8. The van der Waals surface area contributed by atoms with Crippen LogP contribution in [0.25, 0.3) is 0 Å². The smallest absolute Gasteiger partial charge is 0.357 e. The number of benzene rings is 1. The molecule has 0 unspecified atom stereocenters. The van der Waals surface area contributed by atoms with Crippen LogP contribution in [0.5, 0.6) is 5.88 Å². The number of esters is 1. The number of aromatic hydroxyl groups is 1. The number of nitrogens with one attached hydrogen (secondary N) is 1. The van der Waals surface area contributed by atoms with Crippen molar-refractivity contribution in [3.63, 3.8) is 0 Å². The van der Waals surface area contributed by atoms with Crippen LogP contribution in [0.15, 0.2) is 36.4 Å². The molecule has 0 aliphatic rings. The highest BCUT2D eigenvalue weighted by Gasteiger charge is 2.12. The Kier molecular flexibility index (Phi) is 5.71. The second-order valence-corrected chi connectivity index (χ2v) is 4.76. The van der Waals surface area contributed by atoms with E-state index in [1.165, 1.54) is 6.07 Å². The molecule has 2 N–H and O–H groups in total. The molecule has 0 fully saturated rings.